The summed E-state index contributed by atoms with van der Waals surface area (Å²) < 4.78 is 5.49. The largest absolute Gasteiger partial charge is 0.376 e. The number of hydrogen-bond donors (Lipinski definition) is 0. The molecule has 2 saturated carbocycles. The van der Waals surface area contributed by atoms with Crippen LogP contribution in [0, 0.1) is 11.8 Å². The van der Waals surface area contributed by atoms with Gasteiger partial charge in [-0.3, -0.25) is 0 Å². The maximum absolute atomic E-state index is 2.81. The second-order valence-electron chi connectivity index (χ2n) is 25.0. The van der Waals surface area contributed by atoms with Crippen LogP contribution in [0.25, 0.3) is 91.8 Å². The lowest BCUT2D eigenvalue weighted by Gasteiger charge is -2.44. The summed E-state index contributed by atoms with van der Waals surface area (Å²) in [5, 5.41) is 8.11. The van der Waals surface area contributed by atoms with Crippen molar-refractivity contribution in [1.82, 2.24) is 4.57 Å². The topological polar surface area (TPSA) is 8.17 Å². The standard InChI is InChI=1S/C71H55BN2S/c1-69(2)59-17-11-10-16-51(59)56-36-57-53-35-55-54-30-42-14-8-9-15-43(42)31-63(54)75-64(55)37-62(53)74(50-21-18-41(19-22-50)40-12-6-5-7-13-40)72-60-34-49(71(4)27-25-45-29-47(45)39-71)33-58-52-32-48(70(3)26-24-44-28-46(44)38-70)20-23-61(52)73(67(58)60)68(65(56)69)66(57)72/h5-25,30-37,46-47H,26-29,38-39H2,1-4H3. The Labute approximate surface area is 442 Å². The molecular formula is C71H55BN2S. The van der Waals surface area contributed by atoms with Crippen molar-refractivity contribution in [2.24, 2.45) is 11.8 Å². The summed E-state index contributed by atoms with van der Waals surface area (Å²) >= 11 is 1.95. The fourth-order valence-corrected chi connectivity index (χ4v) is 17.2. The van der Waals surface area contributed by atoms with Crippen LogP contribution in [-0.4, -0.2) is 11.4 Å². The minimum Gasteiger partial charge on any atom is -0.376 e. The highest BCUT2D eigenvalue weighted by molar-refractivity contribution is 7.26. The molecule has 75 heavy (non-hydrogen) atoms. The summed E-state index contributed by atoms with van der Waals surface area (Å²) in [7, 11) is 0. The number of rotatable bonds is 4. The van der Waals surface area contributed by atoms with Gasteiger partial charge in [0, 0.05) is 59.0 Å². The predicted octanol–water partition coefficient (Wildman–Crippen LogP) is 17.5. The molecule has 0 radical (unpaired) electrons. The number of hydrogen-bond acceptors (Lipinski definition) is 2. The Kier molecular flexibility index (Phi) is 7.87. The van der Waals surface area contributed by atoms with E-state index in [2.05, 4.69) is 213 Å². The minimum absolute atomic E-state index is 0.0378. The van der Waals surface area contributed by atoms with Crippen LogP contribution >= 0.6 is 11.3 Å². The van der Waals surface area contributed by atoms with Gasteiger partial charge in [0.2, 0.25) is 0 Å². The molecule has 0 N–H and O–H groups in total. The van der Waals surface area contributed by atoms with Gasteiger partial charge >= 0.3 is 6.85 Å². The molecule has 5 aliphatic carbocycles. The van der Waals surface area contributed by atoms with E-state index in [1.807, 2.05) is 11.3 Å². The number of thiophene rings is 1. The summed E-state index contributed by atoms with van der Waals surface area (Å²) in [5.41, 5.74) is 26.6. The lowest BCUT2D eigenvalue weighted by molar-refractivity contribution is 0.407. The van der Waals surface area contributed by atoms with Gasteiger partial charge in [-0.1, -0.05) is 154 Å². The minimum atomic E-state index is -0.244. The molecule has 7 aliphatic rings. The lowest BCUT2D eigenvalue weighted by Crippen LogP contribution is -2.61. The fourth-order valence-electron chi connectivity index (χ4n) is 16.0. The van der Waals surface area contributed by atoms with Crippen molar-refractivity contribution < 1.29 is 0 Å². The molecule has 2 aliphatic heterocycles. The molecule has 0 bridgehead atoms. The Morgan fingerprint density at radius 3 is 1.97 bits per heavy atom. The number of nitrogens with zero attached hydrogens (tertiary/aromatic N) is 2. The molecule has 4 heteroatoms. The Morgan fingerprint density at radius 1 is 0.533 bits per heavy atom. The van der Waals surface area contributed by atoms with Gasteiger partial charge in [0.05, 0.1) is 11.0 Å². The molecule has 2 fully saturated rings. The summed E-state index contributed by atoms with van der Waals surface area (Å²) in [6.07, 6.45) is 12.5. The monoisotopic (exact) mass is 978 g/mol. The molecule has 0 amide bonds. The first-order valence-corrected chi connectivity index (χ1v) is 28.6. The Hall–Kier alpha value is -7.40. The molecular weight excluding hydrogens is 924 g/mol. The zero-order chi connectivity index (χ0) is 49.4. The van der Waals surface area contributed by atoms with Gasteiger partial charge in [0.1, 0.15) is 0 Å². The van der Waals surface area contributed by atoms with Gasteiger partial charge in [0.15, 0.2) is 0 Å². The first-order valence-electron chi connectivity index (χ1n) is 27.8. The Balaban J connectivity index is 0.995. The molecule has 2 aromatic heterocycles. The number of anilines is 2. The number of benzene rings is 9. The van der Waals surface area contributed by atoms with E-state index in [0.29, 0.717) is 0 Å². The second kappa shape index (κ2) is 14.1. The van der Waals surface area contributed by atoms with Crippen LogP contribution in [0.3, 0.4) is 0 Å². The van der Waals surface area contributed by atoms with E-state index < -0.39 is 0 Å². The van der Waals surface area contributed by atoms with Gasteiger partial charge in [0.25, 0.3) is 0 Å². The summed E-state index contributed by atoms with van der Waals surface area (Å²) in [6.45, 7) is 10.1. The molecule has 0 spiro atoms. The smallest absolute Gasteiger partial charge is 0.333 e. The average molecular weight is 979 g/mol. The SMILES string of the molecule is CC1(c2ccc3c(c2)c2cc(C4(C)CC=C5CC5C4)cc4c2n3-c2c3c(cc5c2C(C)(C)c2ccccc2-5)-c2cc5c(cc2N(c2ccc(-c6ccccc6)cc2)B34)sc2cc3ccccc3cc25)CC=C2CC2C1. The summed E-state index contributed by atoms with van der Waals surface area (Å²) in [4.78, 5) is 2.80. The highest BCUT2D eigenvalue weighted by Gasteiger charge is 2.51. The van der Waals surface area contributed by atoms with Crippen LogP contribution in [0.4, 0.5) is 11.4 Å². The maximum atomic E-state index is 2.81. The van der Waals surface area contributed by atoms with E-state index in [0.717, 1.165) is 24.7 Å². The molecule has 2 nitrogen and oxygen atoms in total. The molecule has 4 unspecified atom stereocenters. The Bertz CT molecular complexity index is 4510. The van der Waals surface area contributed by atoms with Crippen LogP contribution in [0.2, 0.25) is 0 Å². The Morgan fingerprint density at radius 2 is 1.20 bits per heavy atom. The molecule has 4 heterocycles. The van der Waals surface area contributed by atoms with Crippen molar-refractivity contribution in [3.05, 3.63) is 209 Å². The van der Waals surface area contributed by atoms with E-state index in [1.165, 1.54) is 162 Å². The maximum Gasteiger partial charge on any atom is 0.333 e. The summed E-state index contributed by atoms with van der Waals surface area (Å²) in [5.74, 6) is 1.48. The second-order valence-corrected chi connectivity index (χ2v) is 26.0. The van der Waals surface area contributed by atoms with Crippen molar-refractivity contribution in [3.8, 4) is 39.1 Å². The van der Waals surface area contributed by atoms with Gasteiger partial charge < -0.3 is 9.38 Å². The number of aromatic nitrogens is 1. The first kappa shape index (κ1) is 41.9. The first-order chi connectivity index (χ1) is 36.6. The normalized spacial score (nSPS) is 22.9. The van der Waals surface area contributed by atoms with Gasteiger partial charge in [-0.25, -0.2) is 0 Å². The molecule has 0 saturated heterocycles. The van der Waals surface area contributed by atoms with Crippen molar-refractivity contribution in [2.75, 3.05) is 4.81 Å². The molecule has 11 aromatic rings. The van der Waals surface area contributed by atoms with Crippen LogP contribution < -0.4 is 15.7 Å². The molecule has 358 valence electrons. The predicted molar refractivity (Wildman–Crippen MR) is 319 cm³/mol. The zero-order valence-electron chi connectivity index (χ0n) is 43.0. The van der Waals surface area contributed by atoms with Gasteiger partial charge in [-0.2, -0.15) is 0 Å². The van der Waals surface area contributed by atoms with Crippen LogP contribution in [0.1, 0.15) is 88.5 Å². The van der Waals surface area contributed by atoms with E-state index >= 15 is 0 Å². The van der Waals surface area contributed by atoms with E-state index in [1.54, 1.807) is 11.1 Å². The molecule has 4 atom stereocenters. The highest BCUT2D eigenvalue weighted by atomic mass is 32.1. The third-order valence-electron chi connectivity index (χ3n) is 20.2. The number of fused-ring (bicyclic) bond motifs is 17. The van der Waals surface area contributed by atoms with E-state index in [4.69, 9.17) is 0 Å². The third kappa shape index (κ3) is 5.56. The van der Waals surface area contributed by atoms with Crippen LogP contribution in [0.15, 0.2) is 187 Å². The van der Waals surface area contributed by atoms with Crippen molar-refractivity contribution in [1.29, 1.82) is 0 Å². The average Bonchev–Trinajstić information content (AvgIpc) is 4.49. The van der Waals surface area contributed by atoms with Crippen molar-refractivity contribution in [3.63, 3.8) is 0 Å². The lowest BCUT2D eigenvalue weighted by atomic mass is 9.43. The zero-order valence-corrected chi connectivity index (χ0v) is 43.8. The molecule has 9 aromatic carbocycles. The van der Waals surface area contributed by atoms with Crippen LogP contribution in [0.5, 0.6) is 0 Å². The fraction of sp³-hybridized carbons (Fsp3) is 0.211. The highest BCUT2D eigenvalue weighted by Crippen LogP contribution is 2.59. The van der Waals surface area contributed by atoms with Crippen LogP contribution in [-0.2, 0) is 16.2 Å². The van der Waals surface area contributed by atoms with Crippen molar-refractivity contribution >= 4 is 93.2 Å². The van der Waals surface area contributed by atoms with Crippen molar-refractivity contribution in [2.45, 2.75) is 82.5 Å². The number of allylic oxidation sites excluding steroid dienone is 4. The molecule has 18 rings (SSSR count). The van der Waals surface area contributed by atoms with E-state index in [9.17, 15) is 0 Å². The van der Waals surface area contributed by atoms with Gasteiger partial charge in [-0.15, -0.1) is 11.3 Å². The summed E-state index contributed by atoms with van der Waals surface area (Å²) in [6, 6.07) is 64.6. The third-order valence-corrected chi connectivity index (χ3v) is 21.3. The quantitative estimate of drug-likeness (QED) is 0.126. The van der Waals surface area contributed by atoms with E-state index in [-0.39, 0.29) is 23.1 Å². The van der Waals surface area contributed by atoms with Gasteiger partial charge in [-0.05, 0) is 194 Å².